The number of alkyl halides is 3. The molecule has 0 radical (unpaired) electrons. The average molecular weight is 317 g/mol. The number of amides is 1. The van der Waals surface area contributed by atoms with Gasteiger partial charge in [0.1, 0.15) is 0 Å². The molecule has 1 atom stereocenters. The Hall–Kier alpha value is -1.56. The normalized spacial score (nSPS) is 13.2. The lowest BCUT2D eigenvalue weighted by atomic mass is 9.94. The third kappa shape index (κ3) is 5.67. The molecule has 0 heterocycles. The number of aliphatic hydroxyl groups excluding tert-OH is 1. The van der Waals surface area contributed by atoms with Gasteiger partial charge in [0, 0.05) is 13.2 Å². The van der Waals surface area contributed by atoms with E-state index < -0.39 is 17.6 Å². The number of nitrogens with one attached hydrogen (secondary N) is 1. The molecule has 0 aromatic heterocycles. The Labute approximate surface area is 128 Å². The molecule has 0 fully saturated rings. The van der Waals surface area contributed by atoms with E-state index in [0.29, 0.717) is 12.3 Å². The zero-order valence-corrected chi connectivity index (χ0v) is 12.8. The Bertz CT molecular complexity index is 487. The van der Waals surface area contributed by atoms with E-state index in [0.717, 1.165) is 12.5 Å². The smallest absolute Gasteiger partial charge is 0.396 e. The molecule has 6 heteroatoms. The second kappa shape index (κ2) is 8.17. The Balaban J connectivity index is 2.77. The van der Waals surface area contributed by atoms with Crippen molar-refractivity contribution < 1.29 is 23.1 Å². The number of hydrogen-bond acceptors (Lipinski definition) is 2. The summed E-state index contributed by atoms with van der Waals surface area (Å²) < 4.78 is 38.7. The fourth-order valence-corrected chi connectivity index (χ4v) is 2.41. The molecule has 1 rings (SSSR count). The molecule has 0 saturated heterocycles. The van der Waals surface area contributed by atoms with E-state index >= 15 is 0 Å². The van der Waals surface area contributed by atoms with Crippen LogP contribution < -0.4 is 5.32 Å². The first kappa shape index (κ1) is 18.5. The molecule has 2 N–H and O–H groups in total. The summed E-state index contributed by atoms with van der Waals surface area (Å²) in [5, 5.41) is 11.6. The minimum absolute atomic E-state index is 0.00754. The summed E-state index contributed by atoms with van der Waals surface area (Å²) in [6, 6.07) is 4.73. The second-order valence-electron chi connectivity index (χ2n) is 5.76. The second-order valence-corrected chi connectivity index (χ2v) is 5.76. The third-order valence-corrected chi connectivity index (χ3v) is 3.37. The molecular weight excluding hydrogens is 295 g/mol. The van der Waals surface area contributed by atoms with Crippen LogP contribution in [0.5, 0.6) is 0 Å². The molecule has 124 valence electrons. The zero-order valence-electron chi connectivity index (χ0n) is 12.8. The molecule has 0 saturated carbocycles. The Morgan fingerprint density at radius 3 is 2.45 bits per heavy atom. The molecular formula is C16H22F3NO2. The number of carbonyl (C=O) groups is 1. The molecule has 22 heavy (non-hydrogen) atoms. The molecule has 0 aliphatic carbocycles. The summed E-state index contributed by atoms with van der Waals surface area (Å²) in [6.45, 7) is 4.28. The van der Waals surface area contributed by atoms with Gasteiger partial charge in [0.15, 0.2) is 0 Å². The molecule has 1 unspecified atom stereocenters. The van der Waals surface area contributed by atoms with E-state index in [4.69, 9.17) is 5.11 Å². The summed E-state index contributed by atoms with van der Waals surface area (Å²) in [4.78, 5) is 12.0. The standard InChI is InChI=1S/C16H22F3NO2/c1-11(2)9-12(7-8-21)10-20-15(22)13-5-3-4-6-14(13)16(17,18)19/h3-6,11-12,21H,7-10H2,1-2H3,(H,20,22). The molecule has 0 bridgehead atoms. The SMILES string of the molecule is CC(C)CC(CCO)CNC(=O)c1ccccc1C(F)(F)F. The number of rotatable bonds is 7. The average Bonchev–Trinajstić information content (AvgIpc) is 2.43. The van der Waals surface area contributed by atoms with Gasteiger partial charge in [-0.3, -0.25) is 4.79 Å². The summed E-state index contributed by atoms with van der Waals surface area (Å²) in [5.41, 5.74) is -1.31. The molecule has 1 aromatic rings. The zero-order chi connectivity index (χ0) is 16.8. The van der Waals surface area contributed by atoms with Crippen LogP contribution in [0.25, 0.3) is 0 Å². The summed E-state index contributed by atoms with van der Waals surface area (Å²) in [6.07, 6.45) is -3.25. The van der Waals surface area contributed by atoms with Crippen molar-refractivity contribution in [3.05, 3.63) is 35.4 Å². The highest BCUT2D eigenvalue weighted by Crippen LogP contribution is 2.31. The van der Waals surface area contributed by atoms with E-state index in [-0.39, 0.29) is 24.6 Å². The largest absolute Gasteiger partial charge is 0.417 e. The van der Waals surface area contributed by atoms with E-state index in [9.17, 15) is 18.0 Å². The lowest BCUT2D eigenvalue weighted by Gasteiger charge is -2.19. The fraction of sp³-hybridized carbons (Fsp3) is 0.562. The summed E-state index contributed by atoms with van der Waals surface area (Å²) in [7, 11) is 0. The maximum absolute atomic E-state index is 12.9. The Morgan fingerprint density at radius 2 is 1.91 bits per heavy atom. The van der Waals surface area contributed by atoms with Crippen molar-refractivity contribution >= 4 is 5.91 Å². The van der Waals surface area contributed by atoms with Crippen LogP contribution in [0.4, 0.5) is 13.2 Å². The van der Waals surface area contributed by atoms with Gasteiger partial charge in [-0.2, -0.15) is 13.2 Å². The highest BCUT2D eigenvalue weighted by molar-refractivity contribution is 5.95. The van der Waals surface area contributed by atoms with Crippen LogP contribution >= 0.6 is 0 Å². The van der Waals surface area contributed by atoms with Gasteiger partial charge in [-0.05, 0) is 36.8 Å². The van der Waals surface area contributed by atoms with Gasteiger partial charge in [-0.15, -0.1) is 0 Å². The topological polar surface area (TPSA) is 49.3 Å². The Kier molecular flexibility index (Phi) is 6.87. The van der Waals surface area contributed by atoms with Crippen molar-refractivity contribution in [3.63, 3.8) is 0 Å². The highest BCUT2D eigenvalue weighted by Gasteiger charge is 2.34. The number of halogens is 3. The van der Waals surface area contributed by atoms with E-state index in [1.165, 1.54) is 18.2 Å². The quantitative estimate of drug-likeness (QED) is 0.809. The van der Waals surface area contributed by atoms with Crippen molar-refractivity contribution in [2.45, 2.75) is 32.9 Å². The number of aliphatic hydroxyl groups is 1. The van der Waals surface area contributed by atoms with Gasteiger partial charge < -0.3 is 10.4 Å². The maximum atomic E-state index is 12.9. The van der Waals surface area contributed by atoms with Crippen LogP contribution in [0.3, 0.4) is 0 Å². The van der Waals surface area contributed by atoms with Gasteiger partial charge in [-0.1, -0.05) is 26.0 Å². The van der Waals surface area contributed by atoms with Crippen LogP contribution in [0.2, 0.25) is 0 Å². The fourth-order valence-electron chi connectivity index (χ4n) is 2.41. The van der Waals surface area contributed by atoms with Gasteiger partial charge in [0.05, 0.1) is 11.1 Å². The van der Waals surface area contributed by atoms with Crippen LogP contribution in [0, 0.1) is 11.8 Å². The third-order valence-electron chi connectivity index (χ3n) is 3.37. The lowest BCUT2D eigenvalue weighted by molar-refractivity contribution is -0.137. The number of carbonyl (C=O) groups excluding carboxylic acids is 1. The Morgan fingerprint density at radius 1 is 1.27 bits per heavy atom. The minimum atomic E-state index is -4.56. The van der Waals surface area contributed by atoms with Crippen LogP contribution in [-0.4, -0.2) is 24.2 Å². The first-order valence-corrected chi connectivity index (χ1v) is 7.31. The monoisotopic (exact) mass is 317 g/mol. The van der Waals surface area contributed by atoms with E-state index in [1.54, 1.807) is 0 Å². The van der Waals surface area contributed by atoms with Crippen LogP contribution in [0.15, 0.2) is 24.3 Å². The molecule has 1 amide bonds. The molecule has 0 aliphatic heterocycles. The van der Waals surface area contributed by atoms with Crippen molar-refractivity contribution in [1.29, 1.82) is 0 Å². The van der Waals surface area contributed by atoms with Gasteiger partial charge in [0.2, 0.25) is 0 Å². The van der Waals surface area contributed by atoms with Crippen LogP contribution in [-0.2, 0) is 6.18 Å². The minimum Gasteiger partial charge on any atom is -0.396 e. The van der Waals surface area contributed by atoms with E-state index in [1.807, 2.05) is 13.8 Å². The predicted molar refractivity (Wildman–Crippen MR) is 78.4 cm³/mol. The van der Waals surface area contributed by atoms with Crippen LogP contribution in [0.1, 0.15) is 42.6 Å². The first-order valence-electron chi connectivity index (χ1n) is 7.31. The maximum Gasteiger partial charge on any atom is 0.417 e. The molecule has 3 nitrogen and oxygen atoms in total. The van der Waals surface area contributed by atoms with Gasteiger partial charge >= 0.3 is 6.18 Å². The molecule has 1 aromatic carbocycles. The lowest BCUT2D eigenvalue weighted by Crippen LogP contribution is -2.31. The first-order chi connectivity index (χ1) is 10.3. The summed E-state index contributed by atoms with van der Waals surface area (Å²) >= 11 is 0. The highest BCUT2D eigenvalue weighted by atomic mass is 19.4. The van der Waals surface area contributed by atoms with E-state index in [2.05, 4.69) is 5.32 Å². The van der Waals surface area contributed by atoms with Gasteiger partial charge in [-0.25, -0.2) is 0 Å². The predicted octanol–water partition coefficient (Wildman–Crippen LogP) is 3.48. The van der Waals surface area contributed by atoms with Crippen molar-refractivity contribution in [3.8, 4) is 0 Å². The number of benzene rings is 1. The molecule has 0 spiro atoms. The molecule has 0 aliphatic rings. The van der Waals surface area contributed by atoms with Crippen molar-refractivity contribution in [2.24, 2.45) is 11.8 Å². The number of hydrogen-bond donors (Lipinski definition) is 2. The summed E-state index contributed by atoms with van der Waals surface area (Å²) in [5.74, 6) is -0.303. The van der Waals surface area contributed by atoms with Gasteiger partial charge in [0.25, 0.3) is 5.91 Å². The van der Waals surface area contributed by atoms with Crippen molar-refractivity contribution in [1.82, 2.24) is 5.32 Å². The van der Waals surface area contributed by atoms with Crippen molar-refractivity contribution in [2.75, 3.05) is 13.2 Å².